The van der Waals surface area contributed by atoms with Gasteiger partial charge in [-0.3, -0.25) is 4.99 Å². The van der Waals surface area contributed by atoms with Crippen molar-refractivity contribution in [3.8, 4) is 0 Å². The smallest absolute Gasteiger partial charge is 0.0393 e. The third-order valence-corrected chi connectivity index (χ3v) is 1.16. The number of nitrogens with zero attached hydrogens (tertiary/aromatic N) is 1. The van der Waals surface area contributed by atoms with Crippen LogP contribution in [0.3, 0.4) is 0 Å². The maximum absolute atomic E-state index is 4.01. The Labute approximate surface area is 53.0 Å². The first-order valence-electron chi connectivity index (χ1n) is 2.42. The molecule has 0 amide bonds. The van der Waals surface area contributed by atoms with E-state index in [0.717, 1.165) is 18.3 Å². The van der Waals surface area contributed by atoms with Crippen LogP contribution in [0.15, 0.2) is 4.99 Å². The molecule has 0 spiro atoms. The van der Waals surface area contributed by atoms with Crippen molar-refractivity contribution in [2.75, 3.05) is 11.9 Å². The van der Waals surface area contributed by atoms with E-state index in [1.54, 1.807) is 0 Å². The van der Waals surface area contributed by atoms with Crippen molar-refractivity contribution in [3.63, 3.8) is 0 Å². The van der Waals surface area contributed by atoms with Gasteiger partial charge < -0.3 is 0 Å². The van der Waals surface area contributed by atoms with Gasteiger partial charge in [-0.1, -0.05) is 15.9 Å². The molecule has 0 aliphatic rings. The zero-order valence-electron chi connectivity index (χ0n) is 4.52. The van der Waals surface area contributed by atoms with Crippen LogP contribution < -0.4 is 0 Å². The first kappa shape index (κ1) is 7.15. The number of alkyl halides is 1. The van der Waals surface area contributed by atoms with Crippen molar-refractivity contribution in [1.29, 1.82) is 0 Å². The third kappa shape index (κ3) is 6.15. The van der Waals surface area contributed by atoms with Gasteiger partial charge in [0.05, 0.1) is 0 Å². The Bertz CT molecular complexity index is 52.0. The molecular formula is C5H10BrN. The fourth-order valence-electron chi connectivity index (χ4n) is 0.280. The predicted octanol–water partition coefficient (Wildman–Crippen LogP) is 1.86. The summed E-state index contributed by atoms with van der Waals surface area (Å²) >= 11 is 3.31. The van der Waals surface area contributed by atoms with E-state index in [1.165, 1.54) is 0 Å². The van der Waals surface area contributed by atoms with Crippen molar-refractivity contribution < 1.29 is 0 Å². The molecule has 0 saturated heterocycles. The van der Waals surface area contributed by atoms with Crippen molar-refractivity contribution in [2.24, 2.45) is 4.99 Å². The molecule has 7 heavy (non-hydrogen) atoms. The van der Waals surface area contributed by atoms with Crippen LogP contribution in [-0.4, -0.2) is 18.1 Å². The van der Waals surface area contributed by atoms with Crippen molar-refractivity contribution >= 4 is 22.1 Å². The molecule has 42 valence electrons. The summed E-state index contributed by atoms with van der Waals surface area (Å²) in [5.74, 6) is 0. The topological polar surface area (TPSA) is 12.4 Å². The molecule has 0 N–H and O–H groups in total. The molecule has 0 saturated carbocycles. The molecule has 0 aromatic rings. The molecule has 2 heteroatoms. The second-order valence-electron chi connectivity index (χ2n) is 1.21. The Morgan fingerprint density at radius 2 is 2.43 bits per heavy atom. The zero-order chi connectivity index (χ0) is 5.54. The average Bonchev–Trinajstić information content (AvgIpc) is 1.69. The van der Waals surface area contributed by atoms with E-state index in [4.69, 9.17) is 0 Å². The van der Waals surface area contributed by atoms with Gasteiger partial charge in [-0.2, -0.15) is 0 Å². The molecule has 0 aromatic heterocycles. The fourth-order valence-corrected chi connectivity index (χ4v) is 0.531. The Kier molecular flexibility index (Phi) is 6.28. The number of hydrogen-bond donors (Lipinski definition) is 0. The quantitative estimate of drug-likeness (QED) is 0.343. The lowest BCUT2D eigenvalue weighted by atomic mass is 10.5. The second-order valence-corrected chi connectivity index (χ2v) is 2.00. The van der Waals surface area contributed by atoms with Crippen LogP contribution >= 0.6 is 15.9 Å². The standard InChI is InChI=1S/C5H10BrN/c1-2-7-5-3-4-6/h2H,3-5H2,1H3. The molecule has 1 nitrogen and oxygen atoms in total. The lowest BCUT2D eigenvalue weighted by molar-refractivity contribution is 0.953. The van der Waals surface area contributed by atoms with Crippen molar-refractivity contribution in [3.05, 3.63) is 0 Å². The number of rotatable bonds is 3. The first-order valence-corrected chi connectivity index (χ1v) is 3.54. The van der Waals surface area contributed by atoms with Gasteiger partial charge in [0.2, 0.25) is 0 Å². The zero-order valence-corrected chi connectivity index (χ0v) is 6.11. The molecule has 0 bridgehead atoms. The van der Waals surface area contributed by atoms with Gasteiger partial charge in [-0.25, -0.2) is 0 Å². The third-order valence-electron chi connectivity index (χ3n) is 0.603. The second kappa shape index (κ2) is 6.15. The summed E-state index contributed by atoms with van der Waals surface area (Å²) in [6.45, 7) is 2.90. The minimum Gasteiger partial charge on any atom is -0.298 e. The lowest BCUT2D eigenvalue weighted by Gasteiger charge is -1.83. The molecule has 0 heterocycles. The summed E-state index contributed by atoms with van der Waals surface area (Å²) in [6.07, 6.45) is 2.98. The van der Waals surface area contributed by atoms with Gasteiger partial charge in [0.1, 0.15) is 0 Å². The molecule has 0 radical (unpaired) electrons. The highest BCUT2D eigenvalue weighted by atomic mass is 79.9. The van der Waals surface area contributed by atoms with E-state index in [1.807, 2.05) is 13.1 Å². The van der Waals surface area contributed by atoms with E-state index in [2.05, 4.69) is 20.9 Å². The summed E-state index contributed by atoms with van der Waals surface area (Å²) in [5, 5.41) is 1.06. The SMILES string of the molecule is CC=NCCCBr. The van der Waals surface area contributed by atoms with Crippen LogP contribution in [-0.2, 0) is 0 Å². The molecule has 0 aromatic carbocycles. The highest BCUT2D eigenvalue weighted by Gasteiger charge is 1.74. The molecular weight excluding hydrogens is 154 g/mol. The molecule has 0 aliphatic carbocycles. The highest BCUT2D eigenvalue weighted by Crippen LogP contribution is 1.85. The maximum atomic E-state index is 4.01. The minimum atomic E-state index is 0.960. The van der Waals surface area contributed by atoms with Crippen LogP contribution in [0.1, 0.15) is 13.3 Å². The van der Waals surface area contributed by atoms with E-state index >= 15 is 0 Å². The van der Waals surface area contributed by atoms with E-state index in [9.17, 15) is 0 Å². The minimum absolute atomic E-state index is 0.960. The van der Waals surface area contributed by atoms with Crippen LogP contribution in [0.4, 0.5) is 0 Å². The molecule has 0 aliphatic heterocycles. The summed E-state index contributed by atoms with van der Waals surface area (Å²) in [6, 6.07) is 0. The summed E-state index contributed by atoms with van der Waals surface area (Å²) in [4.78, 5) is 4.01. The van der Waals surface area contributed by atoms with E-state index in [-0.39, 0.29) is 0 Å². The van der Waals surface area contributed by atoms with Gasteiger partial charge in [-0.15, -0.1) is 0 Å². The van der Waals surface area contributed by atoms with E-state index < -0.39 is 0 Å². The summed E-state index contributed by atoms with van der Waals surface area (Å²) in [7, 11) is 0. The highest BCUT2D eigenvalue weighted by molar-refractivity contribution is 9.09. The monoisotopic (exact) mass is 163 g/mol. The van der Waals surface area contributed by atoms with Crippen LogP contribution in [0.2, 0.25) is 0 Å². The Morgan fingerprint density at radius 3 is 2.86 bits per heavy atom. The van der Waals surface area contributed by atoms with Crippen molar-refractivity contribution in [2.45, 2.75) is 13.3 Å². The number of aliphatic imine (C=N–C) groups is 1. The normalized spacial score (nSPS) is 10.6. The van der Waals surface area contributed by atoms with Gasteiger partial charge in [-0.05, 0) is 19.6 Å². The lowest BCUT2D eigenvalue weighted by Crippen LogP contribution is -1.79. The van der Waals surface area contributed by atoms with Crippen LogP contribution in [0, 0.1) is 0 Å². The molecule has 0 fully saturated rings. The van der Waals surface area contributed by atoms with Crippen LogP contribution in [0.25, 0.3) is 0 Å². The Balaban J connectivity index is 2.69. The average molecular weight is 164 g/mol. The van der Waals surface area contributed by atoms with Gasteiger partial charge in [0.25, 0.3) is 0 Å². The van der Waals surface area contributed by atoms with Crippen LogP contribution in [0.5, 0.6) is 0 Å². The van der Waals surface area contributed by atoms with Gasteiger partial charge in [0.15, 0.2) is 0 Å². The number of hydrogen-bond acceptors (Lipinski definition) is 1. The Morgan fingerprint density at radius 1 is 1.71 bits per heavy atom. The fraction of sp³-hybridized carbons (Fsp3) is 0.800. The van der Waals surface area contributed by atoms with E-state index in [0.29, 0.717) is 0 Å². The van der Waals surface area contributed by atoms with Gasteiger partial charge in [0, 0.05) is 11.9 Å². The molecule has 0 atom stereocenters. The predicted molar refractivity (Wildman–Crippen MR) is 37.4 cm³/mol. The first-order chi connectivity index (χ1) is 3.41. The Hall–Kier alpha value is 0.150. The molecule has 0 unspecified atom stereocenters. The van der Waals surface area contributed by atoms with Gasteiger partial charge >= 0.3 is 0 Å². The molecule has 0 rings (SSSR count). The van der Waals surface area contributed by atoms with Crippen molar-refractivity contribution in [1.82, 2.24) is 0 Å². The summed E-state index contributed by atoms with van der Waals surface area (Å²) in [5.41, 5.74) is 0. The maximum Gasteiger partial charge on any atom is 0.0393 e. The largest absolute Gasteiger partial charge is 0.298 e. The number of halogens is 1. The summed E-state index contributed by atoms with van der Waals surface area (Å²) < 4.78 is 0.